The molecule has 0 saturated carbocycles. The predicted octanol–water partition coefficient (Wildman–Crippen LogP) is 5.30. The van der Waals surface area contributed by atoms with Gasteiger partial charge in [0.15, 0.2) is 0 Å². The average Bonchev–Trinajstić information content (AvgIpc) is 3.03. The Morgan fingerprint density at radius 1 is 0.955 bits per heavy atom. The lowest BCUT2D eigenvalue weighted by Gasteiger charge is -1.98. The van der Waals surface area contributed by atoms with Crippen molar-refractivity contribution in [3.63, 3.8) is 0 Å². The molecule has 2 nitrogen and oxygen atoms in total. The van der Waals surface area contributed by atoms with Gasteiger partial charge in [-0.1, -0.05) is 48.0 Å². The van der Waals surface area contributed by atoms with Gasteiger partial charge in [-0.15, -0.1) is 11.3 Å². The summed E-state index contributed by atoms with van der Waals surface area (Å²) in [6.07, 6.45) is 4.11. The molecule has 110 valence electrons. The van der Waals surface area contributed by atoms with Gasteiger partial charge in [-0.3, -0.25) is 0 Å². The lowest BCUT2D eigenvalue weighted by molar-refractivity contribution is 0.415. The Balaban J connectivity index is 1.75. The summed E-state index contributed by atoms with van der Waals surface area (Å²) in [5.41, 5.74) is 4.58. The molecule has 0 N–H and O–H groups in total. The zero-order valence-electron chi connectivity index (χ0n) is 12.6. The maximum Gasteiger partial charge on any atom is 0.118 e. The summed E-state index contributed by atoms with van der Waals surface area (Å²) >= 11 is 1.65. The minimum Gasteiger partial charge on any atom is -0.497 e. The van der Waals surface area contributed by atoms with Gasteiger partial charge in [0.1, 0.15) is 10.8 Å². The van der Waals surface area contributed by atoms with E-state index in [1.165, 1.54) is 5.56 Å². The monoisotopic (exact) mass is 307 g/mol. The molecule has 1 heterocycles. The van der Waals surface area contributed by atoms with Crippen LogP contribution in [0, 0.1) is 6.92 Å². The van der Waals surface area contributed by atoms with Gasteiger partial charge in [-0.05, 0) is 30.7 Å². The quantitative estimate of drug-likeness (QED) is 0.652. The number of aromatic nitrogens is 1. The molecule has 3 rings (SSSR count). The molecule has 0 fully saturated rings. The fraction of sp³-hybridized carbons (Fsp3) is 0.105. The number of rotatable bonds is 4. The second-order valence-corrected chi connectivity index (χ2v) is 5.93. The van der Waals surface area contributed by atoms with Gasteiger partial charge in [-0.2, -0.15) is 0 Å². The third-order valence-electron chi connectivity index (χ3n) is 3.40. The molecule has 22 heavy (non-hydrogen) atoms. The molecule has 0 saturated heterocycles. The van der Waals surface area contributed by atoms with Crippen LogP contribution in [0.25, 0.3) is 23.4 Å². The predicted molar refractivity (Wildman–Crippen MR) is 94.2 cm³/mol. The van der Waals surface area contributed by atoms with Crippen molar-refractivity contribution in [2.24, 2.45) is 0 Å². The van der Waals surface area contributed by atoms with Crippen LogP contribution in [0.5, 0.6) is 5.75 Å². The van der Waals surface area contributed by atoms with Crippen molar-refractivity contribution < 1.29 is 4.74 Å². The number of aryl methyl sites for hydroxylation is 1. The number of thiazole rings is 1. The van der Waals surface area contributed by atoms with Gasteiger partial charge in [0.05, 0.1) is 12.8 Å². The van der Waals surface area contributed by atoms with Crippen LogP contribution in [0.15, 0.2) is 53.9 Å². The van der Waals surface area contributed by atoms with E-state index >= 15 is 0 Å². The Morgan fingerprint density at radius 3 is 2.36 bits per heavy atom. The summed E-state index contributed by atoms with van der Waals surface area (Å²) in [6, 6.07) is 16.4. The largest absolute Gasteiger partial charge is 0.497 e. The van der Waals surface area contributed by atoms with E-state index in [1.807, 2.05) is 30.3 Å². The molecular formula is C19H17NOS. The molecule has 0 atom stereocenters. The summed E-state index contributed by atoms with van der Waals surface area (Å²) < 4.78 is 5.16. The van der Waals surface area contributed by atoms with Crippen molar-refractivity contribution in [3.8, 4) is 17.0 Å². The molecule has 0 unspecified atom stereocenters. The summed E-state index contributed by atoms with van der Waals surface area (Å²) in [7, 11) is 1.67. The highest BCUT2D eigenvalue weighted by Gasteiger charge is 2.02. The van der Waals surface area contributed by atoms with Crippen molar-refractivity contribution in [1.29, 1.82) is 0 Å². The van der Waals surface area contributed by atoms with E-state index in [0.717, 1.165) is 27.6 Å². The lowest BCUT2D eigenvalue weighted by Crippen LogP contribution is -1.81. The van der Waals surface area contributed by atoms with Crippen molar-refractivity contribution in [2.45, 2.75) is 6.92 Å². The molecule has 0 radical (unpaired) electrons. The normalized spacial score (nSPS) is 11.0. The summed E-state index contributed by atoms with van der Waals surface area (Å²) in [4.78, 5) is 4.67. The number of methoxy groups -OCH3 is 1. The zero-order chi connectivity index (χ0) is 15.4. The molecule has 0 aliphatic rings. The van der Waals surface area contributed by atoms with Crippen LogP contribution >= 0.6 is 11.3 Å². The Labute approximate surface area is 134 Å². The van der Waals surface area contributed by atoms with Crippen LogP contribution in [-0.4, -0.2) is 12.1 Å². The van der Waals surface area contributed by atoms with Gasteiger partial charge in [0.2, 0.25) is 0 Å². The minimum atomic E-state index is 0.869. The molecule has 1 aromatic heterocycles. The summed E-state index contributed by atoms with van der Waals surface area (Å²) in [5, 5.41) is 3.10. The van der Waals surface area contributed by atoms with Gasteiger partial charge >= 0.3 is 0 Å². The maximum atomic E-state index is 5.16. The molecule has 0 bridgehead atoms. The van der Waals surface area contributed by atoms with Crippen molar-refractivity contribution in [2.75, 3.05) is 7.11 Å². The minimum absolute atomic E-state index is 0.869. The third-order valence-corrected chi connectivity index (χ3v) is 4.21. The first-order valence-electron chi connectivity index (χ1n) is 7.09. The fourth-order valence-electron chi connectivity index (χ4n) is 2.10. The van der Waals surface area contributed by atoms with Crippen molar-refractivity contribution >= 4 is 23.5 Å². The molecule has 0 aliphatic heterocycles. The van der Waals surface area contributed by atoms with E-state index in [9.17, 15) is 0 Å². The van der Waals surface area contributed by atoms with Gasteiger partial charge in [0.25, 0.3) is 0 Å². The number of benzene rings is 2. The molecule has 3 aromatic rings. The highest BCUT2D eigenvalue weighted by atomic mass is 32.1. The van der Waals surface area contributed by atoms with Gasteiger partial charge in [0, 0.05) is 10.9 Å². The van der Waals surface area contributed by atoms with Crippen molar-refractivity contribution in [3.05, 3.63) is 70.0 Å². The van der Waals surface area contributed by atoms with Gasteiger partial charge in [-0.25, -0.2) is 4.98 Å². The van der Waals surface area contributed by atoms with Crippen LogP contribution in [0.1, 0.15) is 16.1 Å². The maximum absolute atomic E-state index is 5.16. The third kappa shape index (κ3) is 3.43. The topological polar surface area (TPSA) is 22.1 Å². The Morgan fingerprint density at radius 2 is 1.68 bits per heavy atom. The fourth-order valence-corrected chi connectivity index (χ4v) is 2.82. The van der Waals surface area contributed by atoms with E-state index in [1.54, 1.807) is 18.4 Å². The zero-order valence-corrected chi connectivity index (χ0v) is 13.4. The van der Waals surface area contributed by atoms with E-state index in [2.05, 4.69) is 47.6 Å². The highest BCUT2D eigenvalue weighted by Crippen LogP contribution is 2.23. The number of ether oxygens (including phenoxy) is 1. The number of nitrogens with zero attached hydrogens (tertiary/aromatic N) is 1. The van der Waals surface area contributed by atoms with E-state index in [0.29, 0.717) is 0 Å². The number of hydrogen-bond donors (Lipinski definition) is 0. The summed E-state index contributed by atoms with van der Waals surface area (Å²) in [5.74, 6) is 0.869. The second kappa shape index (κ2) is 6.58. The first kappa shape index (κ1) is 14.5. The van der Waals surface area contributed by atoms with Crippen LogP contribution < -0.4 is 4.74 Å². The van der Waals surface area contributed by atoms with Crippen LogP contribution in [-0.2, 0) is 0 Å². The Hall–Kier alpha value is -2.39. The number of hydrogen-bond acceptors (Lipinski definition) is 3. The molecule has 0 aliphatic carbocycles. The second-order valence-electron chi connectivity index (χ2n) is 5.04. The van der Waals surface area contributed by atoms with Crippen molar-refractivity contribution in [1.82, 2.24) is 4.98 Å². The van der Waals surface area contributed by atoms with Gasteiger partial charge < -0.3 is 4.74 Å². The van der Waals surface area contributed by atoms with Crippen LogP contribution in [0.2, 0.25) is 0 Å². The van der Waals surface area contributed by atoms with Crippen LogP contribution in [0.4, 0.5) is 0 Å². The molecule has 0 amide bonds. The lowest BCUT2D eigenvalue weighted by atomic mass is 10.1. The van der Waals surface area contributed by atoms with E-state index in [-0.39, 0.29) is 0 Å². The molecule has 0 spiro atoms. The standard InChI is InChI=1S/C19H17NOS/c1-14-3-8-16(9-4-14)18-13-22-19(20-18)12-7-15-5-10-17(21-2)11-6-15/h3-13H,1-2H3/b12-7+. The highest BCUT2D eigenvalue weighted by molar-refractivity contribution is 7.10. The van der Waals surface area contributed by atoms with Crippen LogP contribution in [0.3, 0.4) is 0 Å². The average molecular weight is 307 g/mol. The molecule has 3 heteroatoms. The van der Waals surface area contributed by atoms with E-state index in [4.69, 9.17) is 4.74 Å². The smallest absolute Gasteiger partial charge is 0.118 e. The first-order chi connectivity index (χ1) is 10.7. The molecule has 2 aromatic carbocycles. The SMILES string of the molecule is COc1ccc(/C=C/c2nc(-c3ccc(C)cc3)cs2)cc1. The molecular weight excluding hydrogens is 290 g/mol. The van der Waals surface area contributed by atoms with E-state index < -0.39 is 0 Å². The summed E-state index contributed by atoms with van der Waals surface area (Å²) in [6.45, 7) is 2.09. The Bertz CT molecular complexity index is 770. The first-order valence-corrected chi connectivity index (χ1v) is 7.97. The Kier molecular flexibility index (Phi) is 4.35.